The minimum Gasteiger partial charge on any atom is -0.465 e. The molecule has 0 saturated carbocycles. The van der Waals surface area contributed by atoms with Crippen LogP contribution < -0.4 is 0 Å². The second kappa shape index (κ2) is 6.99. The highest BCUT2D eigenvalue weighted by Gasteiger charge is 2.21. The first kappa shape index (κ1) is 16.1. The number of rotatable bonds is 5. The maximum atomic E-state index is 11.9. The highest BCUT2D eigenvalue weighted by atomic mass is 32.2. The first-order valence-corrected chi connectivity index (χ1v) is 7.70. The number of ether oxygens (including phenoxy) is 1. The number of hydrogen-bond acceptors (Lipinski definition) is 3. The van der Waals surface area contributed by atoms with Gasteiger partial charge in [0.1, 0.15) is 5.25 Å². The van der Waals surface area contributed by atoms with E-state index in [0.717, 1.165) is 6.42 Å². The third kappa shape index (κ3) is 3.75. The van der Waals surface area contributed by atoms with Crippen LogP contribution in [-0.4, -0.2) is 17.8 Å². The lowest BCUT2D eigenvalue weighted by atomic mass is 10.0. The molecule has 1 aromatic rings. The van der Waals surface area contributed by atoms with E-state index in [1.54, 1.807) is 11.8 Å². The van der Waals surface area contributed by atoms with E-state index in [2.05, 4.69) is 33.8 Å². The predicted molar refractivity (Wildman–Crippen MR) is 82.0 cm³/mol. The molecule has 0 aromatic heterocycles. The number of aryl methyl sites for hydroxylation is 2. The molecule has 0 saturated heterocycles. The summed E-state index contributed by atoms with van der Waals surface area (Å²) in [6.45, 7) is 12.8. The first-order valence-electron chi connectivity index (χ1n) is 6.83. The summed E-state index contributed by atoms with van der Waals surface area (Å²) in [6.07, 6.45) is 0.787. The molecule has 3 heteroatoms. The fourth-order valence-corrected chi connectivity index (χ4v) is 3.32. The first-order chi connectivity index (χ1) is 8.92. The van der Waals surface area contributed by atoms with Gasteiger partial charge in [-0.25, -0.2) is 0 Å². The average Bonchev–Trinajstić information content (AvgIpc) is 2.37. The maximum Gasteiger partial charge on any atom is 0.319 e. The second-order valence-corrected chi connectivity index (χ2v) is 6.07. The van der Waals surface area contributed by atoms with E-state index >= 15 is 0 Å². The lowest BCUT2D eigenvalue weighted by molar-refractivity contribution is -0.142. The van der Waals surface area contributed by atoms with E-state index in [4.69, 9.17) is 4.74 Å². The van der Waals surface area contributed by atoms with Gasteiger partial charge in [-0.15, -0.1) is 11.8 Å². The summed E-state index contributed by atoms with van der Waals surface area (Å²) in [5.41, 5.74) is 5.11. The Morgan fingerprint density at radius 2 is 1.68 bits per heavy atom. The molecule has 0 heterocycles. The number of thioether (sulfide) groups is 1. The van der Waals surface area contributed by atoms with Gasteiger partial charge in [-0.1, -0.05) is 13.0 Å². The van der Waals surface area contributed by atoms with E-state index in [0.29, 0.717) is 6.61 Å². The Morgan fingerprint density at radius 1 is 1.16 bits per heavy atom. The summed E-state index contributed by atoms with van der Waals surface area (Å²) >= 11 is 1.64. The minimum atomic E-state index is -0.112. The molecule has 19 heavy (non-hydrogen) atoms. The van der Waals surface area contributed by atoms with Gasteiger partial charge >= 0.3 is 5.97 Å². The van der Waals surface area contributed by atoms with Crippen molar-refractivity contribution in [3.05, 3.63) is 28.3 Å². The number of esters is 1. The third-order valence-electron chi connectivity index (χ3n) is 3.48. The molecule has 1 rings (SSSR count). The molecule has 106 valence electrons. The van der Waals surface area contributed by atoms with E-state index in [9.17, 15) is 4.79 Å². The van der Waals surface area contributed by atoms with Gasteiger partial charge in [0.2, 0.25) is 0 Å². The van der Waals surface area contributed by atoms with E-state index < -0.39 is 0 Å². The number of carbonyl (C=O) groups is 1. The van der Waals surface area contributed by atoms with Crippen molar-refractivity contribution in [1.82, 2.24) is 0 Å². The monoisotopic (exact) mass is 280 g/mol. The van der Waals surface area contributed by atoms with Gasteiger partial charge in [0.25, 0.3) is 0 Å². The quantitative estimate of drug-likeness (QED) is 0.592. The summed E-state index contributed by atoms with van der Waals surface area (Å²) in [6, 6.07) is 2.21. The Balaban J connectivity index is 3.07. The standard InChI is InChI=1S/C16H24O2S/c1-7-14(16(17)18-8-2)19-15-12(5)10(3)9-11(4)13(15)6/h9,14H,7-8H2,1-6H3. The molecule has 0 aliphatic heterocycles. The summed E-state index contributed by atoms with van der Waals surface area (Å²) in [4.78, 5) is 13.2. The van der Waals surface area contributed by atoms with Gasteiger partial charge in [0.05, 0.1) is 6.61 Å². The Morgan fingerprint density at radius 3 is 2.11 bits per heavy atom. The normalized spacial score (nSPS) is 12.3. The van der Waals surface area contributed by atoms with Crippen molar-refractivity contribution >= 4 is 17.7 Å². The molecule has 2 nitrogen and oxygen atoms in total. The predicted octanol–water partition coefficient (Wildman–Crippen LogP) is 4.35. The zero-order chi connectivity index (χ0) is 14.6. The lowest BCUT2D eigenvalue weighted by Gasteiger charge is -2.19. The van der Waals surface area contributed by atoms with Crippen LogP contribution in [0.15, 0.2) is 11.0 Å². The van der Waals surface area contributed by atoms with Crippen LogP contribution in [0.3, 0.4) is 0 Å². The molecule has 0 N–H and O–H groups in total. The van der Waals surface area contributed by atoms with Crippen LogP contribution in [-0.2, 0) is 9.53 Å². The highest BCUT2D eigenvalue weighted by Crippen LogP contribution is 2.35. The van der Waals surface area contributed by atoms with Gasteiger partial charge in [0, 0.05) is 4.90 Å². The number of benzene rings is 1. The molecule has 0 bridgehead atoms. The van der Waals surface area contributed by atoms with Crippen molar-refractivity contribution in [2.45, 2.75) is 58.1 Å². The zero-order valence-electron chi connectivity index (χ0n) is 12.8. The average molecular weight is 280 g/mol. The SMILES string of the molecule is CCOC(=O)C(CC)Sc1c(C)c(C)cc(C)c1C. The molecule has 0 amide bonds. The van der Waals surface area contributed by atoms with Gasteiger partial charge < -0.3 is 4.74 Å². The topological polar surface area (TPSA) is 26.3 Å². The summed E-state index contributed by atoms with van der Waals surface area (Å²) in [5.74, 6) is -0.104. The highest BCUT2D eigenvalue weighted by molar-refractivity contribution is 8.00. The molecule has 1 aromatic carbocycles. The smallest absolute Gasteiger partial charge is 0.319 e. The van der Waals surface area contributed by atoms with Crippen molar-refractivity contribution < 1.29 is 9.53 Å². The van der Waals surface area contributed by atoms with Crippen LogP contribution in [0.4, 0.5) is 0 Å². The van der Waals surface area contributed by atoms with Crippen molar-refractivity contribution in [2.24, 2.45) is 0 Å². The molecule has 1 atom stereocenters. The summed E-state index contributed by atoms with van der Waals surface area (Å²) < 4.78 is 5.15. The molecule has 0 spiro atoms. The lowest BCUT2D eigenvalue weighted by Crippen LogP contribution is -2.19. The van der Waals surface area contributed by atoms with Crippen LogP contribution in [0.25, 0.3) is 0 Å². The Labute approximate surface area is 120 Å². The molecular formula is C16H24O2S. The molecule has 0 aliphatic rings. The minimum absolute atomic E-state index is 0.104. The second-order valence-electron chi connectivity index (χ2n) is 4.86. The fraction of sp³-hybridized carbons (Fsp3) is 0.562. The van der Waals surface area contributed by atoms with Crippen LogP contribution >= 0.6 is 11.8 Å². The van der Waals surface area contributed by atoms with E-state index in [1.807, 2.05) is 13.8 Å². The maximum absolute atomic E-state index is 11.9. The van der Waals surface area contributed by atoms with Crippen molar-refractivity contribution in [3.63, 3.8) is 0 Å². The van der Waals surface area contributed by atoms with Crippen LogP contribution in [0, 0.1) is 27.7 Å². The summed E-state index contributed by atoms with van der Waals surface area (Å²) in [5, 5.41) is -0.112. The van der Waals surface area contributed by atoms with Crippen molar-refractivity contribution in [2.75, 3.05) is 6.61 Å². The van der Waals surface area contributed by atoms with Gasteiger partial charge in [0.15, 0.2) is 0 Å². The summed E-state index contributed by atoms with van der Waals surface area (Å²) in [7, 11) is 0. The molecule has 0 fully saturated rings. The molecular weight excluding hydrogens is 256 g/mol. The van der Waals surface area contributed by atoms with Crippen LogP contribution in [0.5, 0.6) is 0 Å². The van der Waals surface area contributed by atoms with E-state index in [-0.39, 0.29) is 11.2 Å². The fourth-order valence-electron chi connectivity index (χ4n) is 2.03. The molecule has 0 radical (unpaired) electrons. The van der Waals surface area contributed by atoms with Crippen LogP contribution in [0.1, 0.15) is 42.5 Å². The van der Waals surface area contributed by atoms with Gasteiger partial charge in [-0.3, -0.25) is 4.79 Å². The van der Waals surface area contributed by atoms with Crippen molar-refractivity contribution in [1.29, 1.82) is 0 Å². The number of carbonyl (C=O) groups excluding carboxylic acids is 1. The zero-order valence-corrected chi connectivity index (χ0v) is 13.6. The molecule has 1 unspecified atom stereocenters. The van der Waals surface area contributed by atoms with Gasteiger partial charge in [-0.05, 0) is 63.3 Å². The molecule has 0 aliphatic carbocycles. The Hall–Kier alpha value is -0.960. The van der Waals surface area contributed by atoms with Crippen LogP contribution in [0.2, 0.25) is 0 Å². The largest absolute Gasteiger partial charge is 0.465 e. The van der Waals surface area contributed by atoms with Crippen molar-refractivity contribution in [3.8, 4) is 0 Å². The van der Waals surface area contributed by atoms with E-state index in [1.165, 1.54) is 27.1 Å². The number of hydrogen-bond donors (Lipinski definition) is 0. The third-order valence-corrected chi connectivity index (χ3v) is 5.14. The van der Waals surface area contributed by atoms with Gasteiger partial charge in [-0.2, -0.15) is 0 Å². The Kier molecular flexibility index (Phi) is 5.92. The Bertz CT molecular complexity index is 440.